The summed E-state index contributed by atoms with van der Waals surface area (Å²) in [6, 6.07) is 0. The second-order valence-electron chi connectivity index (χ2n) is 8.66. The monoisotopic (exact) mass is 288 g/mol. The lowest BCUT2D eigenvalue weighted by atomic mass is 9.50. The van der Waals surface area contributed by atoms with Crippen molar-refractivity contribution in [2.24, 2.45) is 40.9 Å². The van der Waals surface area contributed by atoms with E-state index in [1.54, 1.807) is 0 Å². The highest BCUT2D eigenvalue weighted by atomic mass is 16.1. The van der Waals surface area contributed by atoms with Crippen LogP contribution in [0, 0.1) is 40.9 Å². The Morgan fingerprint density at radius 2 is 1.81 bits per heavy atom. The predicted octanol–water partition coefficient (Wildman–Crippen LogP) is 4.02. The van der Waals surface area contributed by atoms with Crippen LogP contribution in [0.1, 0.15) is 65.2 Å². The highest BCUT2D eigenvalue weighted by Gasteiger charge is 2.57. The fraction of sp³-hybridized carbons (Fsp3) is 0.895. The van der Waals surface area contributed by atoms with Gasteiger partial charge in [-0.1, -0.05) is 13.8 Å². The number of carbonyl (C=O) groups excluding carboxylic acids is 2. The van der Waals surface area contributed by atoms with Crippen LogP contribution >= 0.6 is 0 Å². The summed E-state index contributed by atoms with van der Waals surface area (Å²) in [6.45, 7) is 4.39. The Kier molecular flexibility index (Phi) is 3.10. The van der Waals surface area contributed by atoms with Gasteiger partial charge in [-0.05, 0) is 68.1 Å². The number of carbonyl (C=O) groups is 2. The Morgan fingerprint density at radius 3 is 2.62 bits per heavy atom. The maximum atomic E-state index is 12.3. The lowest BCUT2D eigenvalue weighted by Gasteiger charge is -2.54. The average Bonchev–Trinajstić information content (AvgIpc) is 2.76. The summed E-state index contributed by atoms with van der Waals surface area (Å²) in [5.74, 6) is 5.00. The molecular formula is C19H28O2. The molecule has 2 nitrogen and oxygen atoms in total. The highest BCUT2D eigenvalue weighted by molar-refractivity contribution is 5.87. The van der Waals surface area contributed by atoms with Crippen molar-refractivity contribution in [3.63, 3.8) is 0 Å². The van der Waals surface area contributed by atoms with Crippen molar-refractivity contribution >= 4 is 11.6 Å². The van der Waals surface area contributed by atoms with Crippen LogP contribution in [0.5, 0.6) is 0 Å². The Balaban J connectivity index is 1.60. The number of ketones is 2. The summed E-state index contributed by atoms with van der Waals surface area (Å²) < 4.78 is 0. The van der Waals surface area contributed by atoms with E-state index in [0.717, 1.165) is 49.9 Å². The predicted molar refractivity (Wildman–Crippen MR) is 81.7 cm³/mol. The second-order valence-corrected chi connectivity index (χ2v) is 8.66. The maximum Gasteiger partial charge on any atom is 0.139 e. The summed E-state index contributed by atoms with van der Waals surface area (Å²) in [5, 5.41) is 0. The summed E-state index contributed by atoms with van der Waals surface area (Å²) >= 11 is 0. The van der Waals surface area contributed by atoms with E-state index in [4.69, 9.17) is 0 Å². The first kappa shape index (κ1) is 14.0. The first-order valence-corrected chi connectivity index (χ1v) is 9.06. The molecule has 4 fully saturated rings. The zero-order chi connectivity index (χ0) is 14.8. The Hall–Kier alpha value is -0.660. The lowest BCUT2D eigenvalue weighted by Crippen LogP contribution is -2.49. The molecule has 2 heteroatoms. The van der Waals surface area contributed by atoms with Gasteiger partial charge in [0.25, 0.3) is 0 Å². The van der Waals surface area contributed by atoms with E-state index in [-0.39, 0.29) is 11.3 Å². The quantitative estimate of drug-likeness (QED) is 0.674. The van der Waals surface area contributed by atoms with Crippen LogP contribution in [0.3, 0.4) is 0 Å². The molecule has 0 N–H and O–H groups in total. The van der Waals surface area contributed by atoms with Gasteiger partial charge < -0.3 is 0 Å². The lowest BCUT2D eigenvalue weighted by molar-refractivity contribution is -0.136. The molecule has 21 heavy (non-hydrogen) atoms. The molecule has 0 aromatic carbocycles. The van der Waals surface area contributed by atoms with Crippen molar-refractivity contribution in [1.29, 1.82) is 0 Å². The van der Waals surface area contributed by atoms with Gasteiger partial charge >= 0.3 is 0 Å². The normalized spacial score (nSPS) is 53.0. The van der Waals surface area contributed by atoms with E-state index in [9.17, 15) is 9.59 Å². The minimum Gasteiger partial charge on any atom is -0.299 e. The van der Waals surface area contributed by atoms with Crippen LogP contribution in [0.4, 0.5) is 0 Å². The Bertz CT molecular complexity index is 482. The molecule has 116 valence electrons. The topological polar surface area (TPSA) is 34.1 Å². The number of rotatable bonds is 0. The standard InChI is InChI=1S/C19H28O2/c1-11-9-15-12(10-17(11)20)3-4-14-13(15)7-8-19(2)16(14)5-6-18(19)21/h11-16H,3-10H2,1-2H3/t11-,12-,13-,14+,15-,16-,19?/m0/s1. The van der Waals surface area contributed by atoms with E-state index in [2.05, 4.69) is 13.8 Å². The first-order valence-electron chi connectivity index (χ1n) is 9.06. The zero-order valence-electron chi connectivity index (χ0n) is 13.4. The fourth-order valence-corrected chi connectivity index (χ4v) is 6.62. The van der Waals surface area contributed by atoms with Crippen molar-refractivity contribution in [3.05, 3.63) is 0 Å². The average molecular weight is 288 g/mol. The summed E-state index contributed by atoms with van der Waals surface area (Å²) in [6.07, 6.45) is 8.81. The summed E-state index contributed by atoms with van der Waals surface area (Å²) in [5.41, 5.74) is 0.00407. The van der Waals surface area contributed by atoms with Gasteiger partial charge in [0.1, 0.15) is 11.6 Å². The molecule has 0 heterocycles. The van der Waals surface area contributed by atoms with Gasteiger partial charge in [0, 0.05) is 24.2 Å². The van der Waals surface area contributed by atoms with Crippen LogP contribution < -0.4 is 0 Å². The highest BCUT2D eigenvalue weighted by Crippen LogP contribution is 2.61. The van der Waals surface area contributed by atoms with E-state index in [0.29, 0.717) is 23.4 Å². The fourth-order valence-electron chi connectivity index (χ4n) is 6.62. The zero-order valence-corrected chi connectivity index (χ0v) is 13.4. The third-order valence-corrected chi connectivity index (χ3v) is 7.87. The summed E-state index contributed by atoms with van der Waals surface area (Å²) in [4.78, 5) is 24.4. The third kappa shape index (κ3) is 1.90. The smallest absolute Gasteiger partial charge is 0.139 e. The number of hydrogen-bond acceptors (Lipinski definition) is 2. The second kappa shape index (κ2) is 4.67. The van der Waals surface area contributed by atoms with Gasteiger partial charge in [-0.2, -0.15) is 0 Å². The van der Waals surface area contributed by atoms with Crippen LogP contribution in [0.2, 0.25) is 0 Å². The molecule has 4 aliphatic rings. The minimum absolute atomic E-state index is 0.00407. The molecule has 0 radical (unpaired) electrons. The molecule has 0 spiro atoms. The number of fused-ring (bicyclic) bond motifs is 5. The molecule has 0 saturated heterocycles. The molecule has 4 rings (SSSR count). The van der Waals surface area contributed by atoms with Crippen LogP contribution in [-0.4, -0.2) is 11.6 Å². The molecule has 4 aliphatic carbocycles. The number of Topliss-reactive ketones (excluding diaryl/α,β-unsaturated/α-hetero) is 2. The molecule has 7 atom stereocenters. The van der Waals surface area contributed by atoms with E-state index < -0.39 is 0 Å². The van der Waals surface area contributed by atoms with Crippen LogP contribution in [0.25, 0.3) is 0 Å². The van der Waals surface area contributed by atoms with E-state index in [1.807, 2.05) is 0 Å². The largest absolute Gasteiger partial charge is 0.299 e. The van der Waals surface area contributed by atoms with Gasteiger partial charge in [-0.15, -0.1) is 0 Å². The molecular weight excluding hydrogens is 260 g/mol. The molecule has 4 saturated carbocycles. The first-order chi connectivity index (χ1) is 10.0. The summed E-state index contributed by atoms with van der Waals surface area (Å²) in [7, 11) is 0. The molecule has 0 aromatic heterocycles. The van der Waals surface area contributed by atoms with Crippen LogP contribution in [-0.2, 0) is 9.59 Å². The molecule has 0 amide bonds. The van der Waals surface area contributed by atoms with Crippen molar-refractivity contribution in [2.75, 3.05) is 0 Å². The minimum atomic E-state index is 0.00407. The van der Waals surface area contributed by atoms with Gasteiger partial charge in [-0.3, -0.25) is 9.59 Å². The van der Waals surface area contributed by atoms with Crippen molar-refractivity contribution < 1.29 is 9.59 Å². The molecule has 0 aliphatic heterocycles. The van der Waals surface area contributed by atoms with E-state index in [1.165, 1.54) is 19.3 Å². The van der Waals surface area contributed by atoms with Crippen molar-refractivity contribution in [1.82, 2.24) is 0 Å². The third-order valence-electron chi connectivity index (χ3n) is 7.87. The Labute approximate surface area is 128 Å². The van der Waals surface area contributed by atoms with Crippen molar-refractivity contribution in [2.45, 2.75) is 65.2 Å². The number of hydrogen-bond donors (Lipinski definition) is 0. The molecule has 1 unspecified atom stereocenters. The maximum absolute atomic E-state index is 12.3. The van der Waals surface area contributed by atoms with Crippen LogP contribution in [0.15, 0.2) is 0 Å². The van der Waals surface area contributed by atoms with Gasteiger partial charge in [0.2, 0.25) is 0 Å². The van der Waals surface area contributed by atoms with Gasteiger partial charge in [0.05, 0.1) is 0 Å². The Morgan fingerprint density at radius 1 is 1.00 bits per heavy atom. The van der Waals surface area contributed by atoms with Gasteiger partial charge in [-0.25, -0.2) is 0 Å². The van der Waals surface area contributed by atoms with Gasteiger partial charge in [0.15, 0.2) is 0 Å². The van der Waals surface area contributed by atoms with E-state index >= 15 is 0 Å². The molecule has 0 aromatic rings. The molecule has 0 bridgehead atoms. The SMILES string of the molecule is C[C@H]1C[C@H]2[C@@H](CC[C@@H]3[C@@H]2CCC2(C)C(=O)CC[C@@H]32)CC1=O. The van der Waals surface area contributed by atoms with Crippen molar-refractivity contribution in [3.8, 4) is 0 Å².